The Morgan fingerprint density at radius 2 is 1.75 bits per heavy atom. The number of nitrogens with one attached hydrogen (secondary N) is 2. The Labute approximate surface area is 118 Å². The predicted octanol–water partition coefficient (Wildman–Crippen LogP) is 1.87. The maximum atomic E-state index is 8.89. The summed E-state index contributed by atoms with van der Waals surface area (Å²) in [4.78, 5) is 0. The number of benzene rings is 2. The summed E-state index contributed by atoms with van der Waals surface area (Å²) in [5.74, 6) is 0. The van der Waals surface area contributed by atoms with Crippen molar-refractivity contribution in [3.63, 3.8) is 0 Å². The first-order valence-electron chi connectivity index (χ1n) is 6.51. The van der Waals surface area contributed by atoms with Crippen LogP contribution < -0.4 is 22.1 Å². The van der Waals surface area contributed by atoms with Gasteiger partial charge in [-0.1, -0.05) is 6.07 Å². The van der Waals surface area contributed by atoms with E-state index in [-0.39, 0.29) is 6.61 Å². The summed E-state index contributed by atoms with van der Waals surface area (Å²) in [5, 5.41) is 15.4. The molecule has 2 aromatic carbocycles. The Bertz CT molecular complexity index is 572. The zero-order valence-electron chi connectivity index (χ0n) is 11.3. The minimum atomic E-state index is 0.0897. The molecule has 5 nitrogen and oxygen atoms in total. The Kier molecular flexibility index (Phi) is 4.68. The van der Waals surface area contributed by atoms with Crippen molar-refractivity contribution in [1.29, 1.82) is 0 Å². The number of aliphatic hydroxyl groups excluding tert-OH is 1. The lowest BCUT2D eigenvalue weighted by Crippen LogP contribution is -2.10. The minimum absolute atomic E-state index is 0.0897. The van der Waals surface area contributed by atoms with Gasteiger partial charge in [-0.25, -0.2) is 0 Å². The molecule has 2 aromatic rings. The molecule has 0 unspecified atom stereocenters. The first-order valence-corrected chi connectivity index (χ1v) is 6.51. The molecule has 0 aliphatic heterocycles. The Balaban J connectivity index is 2.09. The number of aliphatic hydroxyl groups is 1. The summed E-state index contributed by atoms with van der Waals surface area (Å²) in [6.45, 7) is 1.23. The van der Waals surface area contributed by atoms with Crippen LogP contribution in [0.15, 0.2) is 42.5 Å². The fraction of sp³-hybridized carbons (Fsp3) is 0.200. The number of rotatable bonds is 6. The molecule has 7 N–H and O–H groups in total. The monoisotopic (exact) mass is 272 g/mol. The highest BCUT2D eigenvalue weighted by Gasteiger charge is 2.03. The number of anilines is 4. The molecule has 2 rings (SSSR count). The van der Waals surface area contributed by atoms with E-state index in [0.29, 0.717) is 18.8 Å². The highest BCUT2D eigenvalue weighted by molar-refractivity contribution is 5.60. The molecule has 20 heavy (non-hydrogen) atoms. The van der Waals surface area contributed by atoms with Crippen LogP contribution in [0, 0.1) is 0 Å². The second kappa shape index (κ2) is 6.68. The lowest BCUT2D eigenvalue weighted by Gasteiger charge is -2.14. The van der Waals surface area contributed by atoms with E-state index in [1.54, 1.807) is 0 Å². The van der Waals surface area contributed by atoms with Crippen LogP contribution in [-0.2, 0) is 6.54 Å². The lowest BCUT2D eigenvalue weighted by molar-refractivity contribution is 0.311. The van der Waals surface area contributed by atoms with Gasteiger partial charge in [0.05, 0.1) is 6.61 Å². The van der Waals surface area contributed by atoms with E-state index in [4.69, 9.17) is 16.6 Å². The molecule has 0 saturated heterocycles. The van der Waals surface area contributed by atoms with Gasteiger partial charge in [-0.05, 0) is 42.0 Å². The maximum Gasteiger partial charge on any atom is 0.0604 e. The van der Waals surface area contributed by atoms with E-state index in [1.807, 2.05) is 42.5 Å². The van der Waals surface area contributed by atoms with Crippen LogP contribution in [0.1, 0.15) is 5.56 Å². The molecule has 0 fully saturated rings. The van der Waals surface area contributed by atoms with Gasteiger partial charge in [-0.2, -0.15) is 0 Å². The molecule has 0 heterocycles. The molecule has 5 heteroatoms. The molecular weight excluding hydrogens is 252 g/mol. The molecule has 0 aliphatic rings. The SMILES string of the molecule is Nc1cccc(NCc2cc(N)ccc2NCCO)c1. The highest BCUT2D eigenvalue weighted by atomic mass is 16.3. The van der Waals surface area contributed by atoms with Crippen LogP contribution >= 0.6 is 0 Å². The summed E-state index contributed by atoms with van der Waals surface area (Å²) in [6, 6.07) is 13.3. The molecule has 0 aliphatic carbocycles. The third-order valence-corrected chi connectivity index (χ3v) is 2.93. The minimum Gasteiger partial charge on any atom is -0.399 e. The fourth-order valence-corrected chi connectivity index (χ4v) is 1.97. The first-order chi connectivity index (χ1) is 9.69. The van der Waals surface area contributed by atoms with E-state index >= 15 is 0 Å². The van der Waals surface area contributed by atoms with Crippen molar-refractivity contribution < 1.29 is 5.11 Å². The molecule has 0 bridgehead atoms. The number of hydrogen-bond acceptors (Lipinski definition) is 5. The smallest absolute Gasteiger partial charge is 0.0604 e. The average Bonchev–Trinajstić information content (AvgIpc) is 2.44. The van der Waals surface area contributed by atoms with Gasteiger partial charge in [0.25, 0.3) is 0 Å². The third kappa shape index (κ3) is 3.80. The molecule has 106 valence electrons. The molecule has 0 atom stereocenters. The summed E-state index contributed by atoms with van der Waals surface area (Å²) in [5.41, 5.74) is 16.0. The Morgan fingerprint density at radius 3 is 2.50 bits per heavy atom. The average molecular weight is 272 g/mol. The van der Waals surface area contributed by atoms with Gasteiger partial charge in [0.2, 0.25) is 0 Å². The van der Waals surface area contributed by atoms with Crippen LogP contribution in [0.2, 0.25) is 0 Å². The standard InChI is InChI=1S/C15H20N4O/c16-12-2-1-3-14(9-12)19-10-11-8-13(17)4-5-15(11)18-6-7-20/h1-5,8-9,18-20H,6-7,10,16-17H2. The summed E-state index contributed by atoms with van der Waals surface area (Å²) >= 11 is 0. The Hall–Kier alpha value is -2.40. The predicted molar refractivity (Wildman–Crippen MR) is 84.6 cm³/mol. The van der Waals surface area contributed by atoms with Crippen LogP contribution in [-0.4, -0.2) is 18.3 Å². The summed E-state index contributed by atoms with van der Waals surface area (Å²) in [7, 11) is 0. The molecule has 0 spiro atoms. The van der Waals surface area contributed by atoms with Crippen molar-refractivity contribution in [3.8, 4) is 0 Å². The van der Waals surface area contributed by atoms with Crippen molar-refractivity contribution in [3.05, 3.63) is 48.0 Å². The van der Waals surface area contributed by atoms with Gasteiger partial charge in [-0.3, -0.25) is 0 Å². The van der Waals surface area contributed by atoms with Gasteiger partial charge in [0.1, 0.15) is 0 Å². The fourth-order valence-electron chi connectivity index (χ4n) is 1.97. The van der Waals surface area contributed by atoms with E-state index < -0.39 is 0 Å². The van der Waals surface area contributed by atoms with E-state index in [0.717, 1.165) is 22.6 Å². The van der Waals surface area contributed by atoms with Crippen molar-refractivity contribution in [2.75, 3.05) is 35.3 Å². The van der Waals surface area contributed by atoms with Crippen molar-refractivity contribution in [1.82, 2.24) is 0 Å². The zero-order chi connectivity index (χ0) is 14.4. The summed E-state index contributed by atoms with van der Waals surface area (Å²) in [6.07, 6.45) is 0. The largest absolute Gasteiger partial charge is 0.399 e. The number of nitrogen functional groups attached to an aromatic ring is 2. The molecule has 0 saturated carbocycles. The number of nitrogens with two attached hydrogens (primary N) is 2. The highest BCUT2D eigenvalue weighted by Crippen LogP contribution is 2.21. The van der Waals surface area contributed by atoms with Gasteiger partial charge in [0.15, 0.2) is 0 Å². The number of hydrogen-bond donors (Lipinski definition) is 5. The molecule has 0 amide bonds. The third-order valence-electron chi connectivity index (χ3n) is 2.93. The topological polar surface area (TPSA) is 96.3 Å². The molecular formula is C15H20N4O. The van der Waals surface area contributed by atoms with Crippen molar-refractivity contribution in [2.45, 2.75) is 6.54 Å². The zero-order valence-corrected chi connectivity index (χ0v) is 11.3. The quantitative estimate of drug-likeness (QED) is 0.517. The second-order valence-electron chi connectivity index (χ2n) is 4.55. The van der Waals surface area contributed by atoms with Gasteiger partial charge in [-0.15, -0.1) is 0 Å². The van der Waals surface area contributed by atoms with E-state index in [2.05, 4.69) is 10.6 Å². The van der Waals surface area contributed by atoms with Crippen molar-refractivity contribution in [2.24, 2.45) is 0 Å². The summed E-state index contributed by atoms with van der Waals surface area (Å²) < 4.78 is 0. The second-order valence-corrected chi connectivity index (χ2v) is 4.55. The van der Waals surface area contributed by atoms with Gasteiger partial charge < -0.3 is 27.2 Å². The maximum absolute atomic E-state index is 8.89. The molecule has 0 aromatic heterocycles. The van der Waals surface area contributed by atoms with E-state index in [1.165, 1.54) is 0 Å². The van der Waals surface area contributed by atoms with Gasteiger partial charge >= 0.3 is 0 Å². The van der Waals surface area contributed by atoms with Crippen LogP contribution in [0.4, 0.5) is 22.7 Å². The first kappa shape index (κ1) is 14.0. The Morgan fingerprint density at radius 1 is 0.950 bits per heavy atom. The van der Waals surface area contributed by atoms with Crippen LogP contribution in [0.3, 0.4) is 0 Å². The molecule has 0 radical (unpaired) electrons. The normalized spacial score (nSPS) is 10.2. The van der Waals surface area contributed by atoms with Gasteiger partial charge in [0, 0.05) is 35.8 Å². The van der Waals surface area contributed by atoms with E-state index in [9.17, 15) is 0 Å². The van der Waals surface area contributed by atoms with Crippen LogP contribution in [0.25, 0.3) is 0 Å². The van der Waals surface area contributed by atoms with Crippen molar-refractivity contribution >= 4 is 22.7 Å². The van der Waals surface area contributed by atoms with Crippen LogP contribution in [0.5, 0.6) is 0 Å². The lowest BCUT2D eigenvalue weighted by atomic mass is 10.1.